The van der Waals surface area contributed by atoms with Crippen molar-refractivity contribution in [3.05, 3.63) is 89.4 Å². The van der Waals surface area contributed by atoms with Gasteiger partial charge in [-0.15, -0.1) is 0 Å². The number of nitrogens with zero attached hydrogens (tertiary/aromatic N) is 3. The molecule has 0 bridgehead atoms. The highest BCUT2D eigenvalue weighted by molar-refractivity contribution is 5.76. The molecule has 0 unspecified atom stereocenters. The molecular formula is C23H24N4O. The lowest BCUT2D eigenvalue weighted by molar-refractivity contribution is -0.121. The molecule has 0 atom stereocenters. The van der Waals surface area contributed by atoms with E-state index in [1.54, 1.807) is 12.4 Å². The number of hydrogen-bond acceptors (Lipinski definition) is 4. The minimum absolute atomic E-state index is 0.0515. The third-order valence-electron chi connectivity index (χ3n) is 5.16. The summed E-state index contributed by atoms with van der Waals surface area (Å²) in [5.41, 5.74) is 4.95. The van der Waals surface area contributed by atoms with Crippen molar-refractivity contribution in [1.29, 1.82) is 0 Å². The molecule has 0 fully saturated rings. The first-order chi connectivity index (χ1) is 13.8. The molecular weight excluding hydrogens is 348 g/mol. The van der Waals surface area contributed by atoms with Crippen LogP contribution < -0.4 is 10.2 Å². The van der Waals surface area contributed by atoms with Crippen LogP contribution in [0.4, 0.5) is 5.82 Å². The summed E-state index contributed by atoms with van der Waals surface area (Å²) >= 11 is 0. The molecule has 0 spiro atoms. The van der Waals surface area contributed by atoms with Crippen LogP contribution in [0, 0.1) is 0 Å². The molecule has 2 aromatic heterocycles. The number of benzene rings is 1. The van der Waals surface area contributed by atoms with Crippen molar-refractivity contribution < 1.29 is 4.79 Å². The third kappa shape index (κ3) is 4.36. The van der Waals surface area contributed by atoms with E-state index in [0.717, 1.165) is 42.9 Å². The van der Waals surface area contributed by atoms with Crippen molar-refractivity contribution in [1.82, 2.24) is 15.3 Å². The van der Waals surface area contributed by atoms with Gasteiger partial charge in [-0.1, -0.05) is 30.3 Å². The standard InChI is InChI=1S/C23H24N4O/c28-22(8-7-18-9-13-24-14-10-18)26-16-20-6-3-12-25-23(20)27-15-11-19-4-1-2-5-21(19)17-27/h1-6,9-10,12-14H,7-8,11,15-17H2,(H,26,28). The molecule has 1 aliphatic heterocycles. The molecule has 1 N–H and O–H groups in total. The van der Waals surface area contributed by atoms with E-state index in [4.69, 9.17) is 0 Å². The number of carbonyl (C=O) groups excluding carboxylic acids is 1. The molecule has 0 saturated carbocycles. The highest BCUT2D eigenvalue weighted by atomic mass is 16.1. The fraction of sp³-hybridized carbons (Fsp3) is 0.261. The fourth-order valence-electron chi connectivity index (χ4n) is 3.62. The van der Waals surface area contributed by atoms with Crippen LogP contribution in [0.25, 0.3) is 0 Å². The summed E-state index contributed by atoms with van der Waals surface area (Å²) in [6.45, 7) is 2.30. The molecule has 1 aliphatic rings. The Morgan fingerprint density at radius 3 is 2.68 bits per heavy atom. The Hall–Kier alpha value is -3.21. The number of pyridine rings is 2. The van der Waals surface area contributed by atoms with E-state index in [1.165, 1.54) is 11.1 Å². The van der Waals surface area contributed by atoms with Gasteiger partial charge in [0.25, 0.3) is 0 Å². The predicted octanol–water partition coefficient (Wildman–Crippen LogP) is 3.29. The van der Waals surface area contributed by atoms with Gasteiger partial charge < -0.3 is 10.2 Å². The van der Waals surface area contributed by atoms with Crippen molar-refractivity contribution in [2.24, 2.45) is 0 Å². The van der Waals surface area contributed by atoms with Crippen LogP contribution in [-0.4, -0.2) is 22.4 Å². The van der Waals surface area contributed by atoms with E-state index in [-0.39, 0.29) is 5.91 Å². The molecule has 0 radical (unpaired) electrons. The number of anilines is 1. The van der Waals surface area contributed by atoms with Gasteiger partial charge in [-0.25, -0.2) is 4.98 Å². The molecule has 3 heterocycles. The quantitative estimate of drug-likeness (QED) is 0.721. The average molecular weight is 372 g/mol. The van der Waals surface area contributed by atoms with Crippen LogP contribution in [0.15, 0.2) is 67.1 Å². The topological polar surface area (TPSA) is 58.1 Å². The van der Waals surface area contributed by atoms with Crippen molar-refractivity contribution in [3.63, 3.8) is 0 Å². The third-order valence-corrected chi connectivity index (χ3v) is 5.16. The minimum Gasteiger partial charge on any atom is -0.352 e. The Balaban J connectivity index is 1.38. The van der Waals surface area contributed by atoms with Gasteiger partial charge in [-0.3, -0.25) is 9.78 Å². The van der Waals surface area contributed by atoms with Gasteiger partial charge in [0.1, 0.15) is 5.82 Å². The summed E-state index contributed by atoms with van der Waals surface area (Å²) in [4.78, 5) is 23.2. The molecule has 5 nitrogen and oxygen atoms in total. The molecule has 0 saturated heterocycles. The average Bonchev–Trinajstić information content (AvgIpc) is 2.77. The lowest BCUT2D eigenvalue weighted by Crippen LogP contribution is -2.32. The number of aryl methyl sites for hydroxylation is 1. The first-order valence-electron chi connectivity index (χ1n) is 9.71. The van der Waals surface area contributed by atoms with Crippen LogP contribution in [-0.2, 0) is 30.7 Å². The van der Waals surface area contributed by atoms with E-state index in [2.05, 4.69) is 44.5 Å². The number of nitrogens with one attached hydrogen (secondary N) is 1. The number of aromatic nitrogens is 2. The molecule has 1 aromatic carbocycles. The lowest BCUT2D eigenvalue weighted by atomic mass is 9.99. The second-order valence-corrected chi connectivity index (χ2v) is 7.06. The van der Waals surface area contributed by atoms with E-state index < -0.39 is 0 Å². The number of hydrogen-bond donors (Lipinski definition) is 1. The maximum absolute atomic E-state index is 12.3. The number of fused-ring (bicyclic) bond motifs is 1. The van der Waals surface area contributed by atoms with Gasteiger partial charge in [0.2, 0.25) is 5.91 Å². The Morgan fingerprint density at radius 1 is 1.00 bits per heavy atom. The molecule has 28 heavy (non-hydrogen) atoms. The van der Waals surface area contributed by atoms with Gasteiger partial charge in [-0.2, -0.15) is 0 Å². The largest absolute Gasteiger partial charge is 0.352 e. The molecule has 5 heteroatoms. The Morgan fingerprint density at radius 2 is 1.82 bits per heavy atom. The van der Waals surface area contributed by atoms with E-state index in [0.29, 0.717) is 13.0 Å². The first-order valence-corrected chi connectivity index (χ1v) is 9.71. The second-order valence-electron chi connectivity index (χ2n) is 7.06. The number of amides is 1. The maximum atomic E-state index is 12.3. The molecule has 3 aromatic rings. The second kappa shape index (κ2) is 8.65. The van der Waals surface area contributed by atoms with Crippen molar-refractivity contribution in [3.8, 4) is 0 Å². The predicted molar refractivity (Wildman–Crippen MR) is 110 cm³/mol. The summed E-state index contributed by atoms with van der Waals surface area (Å²) in [7, 11) is 0. The Kier molecular flexibility index (Phi) is 5.61. The van der Waals surface area contributed by atoms with Gasteiger partial charge in [0.05, 0.1) is 0 Å². The number of rotatable bonds is 6. The molecule has 142 valence electrons. The zero-order valence-corrected chi connectivity index (χ0v) is 15.8. The van der Waals surface area contributed by atoms with Crippen LogP contribution in [0.3, 0.4) is 0 Å². The van der Waals surface area contributed by atoms with Gasteiger partial charge in [-0.05, 0) is 47.7 Å². The summed E-state index contributed by atoms with van der Waals surface area (Å²) in [5, 5.41) is 3.05. The van der Waals surface area contributed by atoms with Gasteiger partial charge in [0, 0.05) is 50.2 Å². The summed E-state index contributed by atoms with van der Waals surface area (Å²) in [6, 6.07) is 16.4. The van der Waals surface area contributed by atoms with Crippen molar-refractivity contribution in [2.75, 3.05) is 11.4 Å². The van der Waals surface area contributed by atoms with Gasteiger partial charge in [0.15, 0.2) is 0 Å². The van der Waals surface area contributed by atoms with Crippen molar-refractivity contribution in [2.45, 2.75) is 32.4 Å². The zero-order valence-electron chi connectivity index (χ0n) is 15.8. The zero-order chi connectivity index (χ0) is 19.2. The SMILES string of the molecule is O=C(CCc1ccncc1)NCc1cccnc1N1CCc2ccccc2C1. The van der Waals surface area contributed by atoms with E-state index >= 15 is 0 Å². The Labute approximate surface area is 165 Å². The monoisotopic (exact) mass is 372 g/mol. The van der Waals surface area contributed by atoms with Gasteiger partial charge >= 0.3 is 0 Å². The van der Waals surface area contributed by atoms with Crippen LogP contribution >= 0.6 is 0 Å². The van der Waals surface area contributed by atoms with E-state index in [1.807, 2.05) is 30.5 Å². The maximum Gasteiger partial charge on any atom is 0.220 e. The van der Waals surface area contributed by atoms with Crippen molar-refractivity contribution >= 4 is 11.7 Å². The summed E-state index contributed by atoms with van der Waals surface area (Å²) in [6.07, 6.45) is 7.54. The molecule has 1 amide bonds. The normalized spacial score (nSPS) is 13.1. The molecule has 4 rings (SSSR count). The van der Waals surface area contributed by atoms with E-state index in [9.17, 15) is 4.79 Å². The first kappa shape index (κ1) is 18.2. The summed E-state index contributed by atoms with van der Waals surface area (Å²) in [5.74, 6) is 1.02. The Bertz CT molecular complexity index is 942. The lowest BCUT2D eigenvalue weighted by Gasteiger charge is -2.31. The van der Waals surface area contributed by atoms with Crippen LogP contribution in [0.5, 0.6) is 0 Å². The highest BCUT2D eigenvalue weighted by Crippen LogP contribution is 2.25. The summed E-state index contributed by atoms with van der Waals surface area (Å²) < 4.78 is 0. The molecule has 0 aliphatic carbocycles. The smallest absolute Gasteiger partial charge is 0.220 e. The van der Waals surface area contributed by atoms with Crippen LogP contribution in [0.2, 0.25) is 0 Å². The highest BCUT2D eigenvalue weighted by Gasteiger charge is 2.19. The number of carbonyl (C=O) groups is 1. The van der Waals surface area contributed by atoms with Crippen LogP contribution in [0.1, 0.15) is 28.7 Å². The minimum atomic E-state index is 0.0515. The fourth-order valence-corrected chi connectivity index (χ4v) is 3.62.